The molecule has 0 unspecified atom stereocenters. The number of aromatic hydroxyl groups is 1. The Bertz CT molecular complexity index is 856. The average Bonchev–Trinajstić information content (AvgIpc) is 2.81. The van der Waals surface area contributed by atoms with Crippen LogP contribution >= 0.6 is 0 Å². The smallest absolute Gasteiger partial charge is 0.321 e. The average molecular weight is 423 g/mol. The van der Waals surface area contributed by atoms with Crippen LogP contribution < -0.4 is 10.2 Å². The Kier molecular flexibility index (Phi) is 6.97. The summed E-state index contributed by atoms with van der Waals surface area (Å²) in [6, 6.07) is 16.0. The first-order valence-electron chi connectivity index (χ1n) is 11.5. The van der Waals surface area contributed by atoms with E-state index in [4.69, 9.17) is 0 Å². The monoisotopic (exact) mass is 422 g/mol. The van der Waals surface area contributed by atoms with Gasteiger partial charge in [0, 0.05) is 50.1 Å². The number of anilines is 2. The SMILES string of the molecule is CN(Cc1ccccc1NC(=O)N1CCN(c2ccc(O)cc2)CC1)C1CCCCC1. The Morgan fingerprint density at radius 1 is 1.00 bits per heavy atom. The fourth-order valence-corrected chi connectivity index (χ4v) is 4.73. The minimum Gasteiger partial charge on any atom is -0.508 e. The third-order valence-corrected chi connectivity index (χ3v) is 6.66. The molecule has 1 saturated carbocycles. The zero-order valence-electron chi connectivity index (χ0n) is 18.5. The van der Waals surface area contributed by atoms with E-state index in [0.717, 1.165) is 31.0 Å². The van der Waals surface area contributed by atoms with Crippen LogP contribution in [0.5, 0.6) is 5.75 Å². The van der Waals surface area contributed by atoms with Crippen LogP contribution in [0.3, 0.4) is 0 Å². The molecule has 31 heavy (non-hydrogen) atoms. The zero-order chi connectivity index (χ0) is 21.6. The first-order chi connectivity index (χ1) is 15.1. The zero-order valence-corrected chi connectivity index (χ0v) is 18.5. The molecule has 2 amide bonds. The Morgan fingerprint density at radius 3 is 2.39 bits per heavy atom. The molecular formula is C25H34N4O2. The number of piperazine rings is 1. The van der Waals surface area contributed by atoms with Crippen molar-refractivity contribution < 1.29 is 9.90 Å². The maximum absolute atomic E-state index is 12.9. The number of urea groups is 1. The molecule has 1 aliphatic carbocycles. The third kappa shape index (κ3) is 5.50. The number of phenolic OH excluding ortho intramolecular Hbond substituents is 1. The molecule has 0 radical (unpaired) electrons. The predicted octanol–water partition coefficient (Wildman–Crippen LogP) is 4.51. The van der Waals surface area contributed by atoms with Crippen molar-refractivity contribution in [2.24, 2.45) is 0 Å². The largest absolute Gasteiger partial charge is 0.508 e. The molecule has 1 saturated heterocycles. The van der Waals surface area contributed by atoms with Crippen LogP contribution in [0.4, 0.5) is 16.2 Å². The van der Waals surface area contributed by atoms with E-state index in [9.17, 15) is 9.90 Å². The van der Waals surface area contributed by atoms with Crippen molar-refractivity contribution in [3.05, 3.63) is 54.1 Å². The topological polar surface area (TPSA) is 59.1 Å². The number of amides is 2. The van der Waals surface area contributed by atoms with E-state index in [0.29, 0.717) is 19.1 Å². The number of rotatable bonds is 5. The van der Waals surface area contributed by atoms with Gasteiger partial charge in [-0.05, 0) is 55.8 Å². The molecule has 1 aliphatic heterocycles. The van der Waals surface area contributed by atoms with Crippen molar-refractivity contribution in [3.63, 3.8) is 0 Å². The van der Waals surface area contributed by atoms with Gasteiger partial charge in [-0.2, -0.15) is 0 Å². The van der Waals surface area contributed by atoms with Crippen LogP contribution in [0.1, 0.15) is 37.7 Å². The van der Waals surface area contributed by atoms with Crippen LogP contribution in [0, 0.1) is 0 Å². The lowest BCUT2D eigenvalue weighted by atomic mass is 9.94. The second kappa shape index (κ2) is 10.1. The van der Waals surface area contributed by atoms with Gasteiger partial charge in [0.15, 0.2) is 0 Å². The fourth-order valence-electron chi connectivity index (χ4n) is 4.73. The molecule has 0 atom stereocenters. The van der Waals surface area contributed by atoms with Crippen molar-refractivity contribution >= 4 is 17.4 Å². The molecular weight excluding hydrogens is 388 g/mol. The van der Waals surface area contributed by atoms with Gasteiger partial charge < -0.3 is 20.2 Å². The van der Waals surface area contributed by atoms with E-state index in [1.807, 2.05) is 29.2 Å². The number of para-hydroxylation sites is 1. The first-order valence-corrected chi connectivity index (χ1v) is 11.5. The molecule has 2 aromatic rings. The summed E-state index contributed by atoms with van der Waals surface area (Å²) in [5.74, 6) is 0.273. The van der Waals surface area contributed by atoms with Crippen molar-refractivity contribution in [1.29, 1.82) is 0 Å². The van der Waals surface area contributed by atoms with E-state index in [-0.39, 0.29) is 11.8 Å². The van der Waals surface area contributed by atoms with Gasteiger partial charge in [-0.15, -0.1) is 0 Å². The molecule has 1 heterocycles. The molecule has 0 aromatic heterocycles. The van der Waals surface area contributed by atoms with Gasteiger partial charge in [-0.1, -0.05) is 37.5 Å². The van der Waals surface area contributed by atoms with Gasteiger partial charge in [0.1, 0.15) is 5.75 Å². The molecule has 4 rings (SSSR count). The summed E-state index contributed by atoms with van der Waals surface area (Å²) in [5, 5.41) is 12.6. The number of nitrogens with one attached hydrogen (secondary N) is 1. The minimum absolute atomic E-state index is 0.0295. The Balaban J connectivity index is 1.33. The van der Waals surface area contributed by atoms with Crippen LogP contribution in [0.15, 0.2) is 48.5 Å². The molecule has 6 nitrogen and oxygen atoms in total. The lowest BCUT2D eigenvalue weighted by Gasteiger charge is -2.36. The van der Waals surface area contributed by atoms with Gasteiger partial charge in [-0.3, -0.25) is 4.90 Å². The molecule has 6 heteroatoms. The number of nitrogens with zero attached hydrogens (tertiary/aromatic N) is 3. The summed E-state index contributed by atoms with van der Waals surface area (Å²) in [6.07, 6.45) is 6.55. The third-order valence-electron chi connectivity index (χ3n) is 6.66. The quantitative estimate of drug-likeness (QED) is 0.744. The Hall–Kier alpha value is -2.73. The number of carbonyl (C=O) groups excluding carboxylic acids is 1. The minimum atomic E-state index is -0.0295. The highest BCUT2D eigenvalue weighted by atomic mass is 16.3. The number of hydrogen-bond donors (Lipinski definition) is 2. The molecule has 166 valence electrons. The summed E-state index contributed by atoms with van der Waals surface area (Å²) < 4.78 is 0. The number of hydrogen-bond acceptors (Lipinski definition) is 4. The molecule has 2 aromatic carbocycles. The first kappa shape index (κ1) is 21.5. The maximum Gasteiger partial charge on any atom is 0.321 e. The number of benzene rings is 2. The second-order valence-electron chi connectivity index (χ2n) is 8.78. The summed E-state index contributed by atoms with van der Waals surface area (Å²) in [5.41, 5.74) is 3.16. The van der Waals surface area contributed by atoms with Crippen molar-refractivity contribution in [2.45, 2.75) is 44.7 Å². The summed E-state index contributed by atoms with van der Waals surface area (Å²) in [4.78, 5) is 19.5. The fraction of sp³-hybridized carbons (Fsp3) is 0.480. The molecule has 2 fully saturated rings. The summed E-state index contributed by atoms with van der Waals surface area (Å²) in [6.45, 7) is 3.78. The van der Waals surface area contributed by atoms with Crippen LogP contribution in [-0.4, -0.2) is 60.2 Å². The standard InChI is InChI=1S/C25H34N4O2/c1-27(21-8-3-2-4-9-21)19-20-7-5-6-10-24(20)26-25(31)29-17-15-28(16-18-29)22-11-13-23(30)14-12-22/h5-7,10-14,21,30H,2-4,8-9,15-19H2,1H3,(H,26,31). The molecule has 0 bridgehead atoms. The highest BCUT2D eigenvalue weighted by Crippen LogP contribution is 2.25. The van der Waals surface area contributed by atoms with Crippen molar-refractivity contribution in [1.82, 2.24) is 9.80 Å². The van der Waals surface area contributed by atoms with Gasteiger partial charge in [0.25, 0.3) is 0 Å². The summed E-state index contributed by atoms with van der Waals surface area (Å²) in [7, 11) is 2.21. The van der Waals surface area contributed by atoms with E-state index >= 15 is 0 Å². The Labute approximate surface area is 185 Å². The highest BCUT2D eigenvalue weighted by Gasteiger charge is 2.23. The molecule has 2 N–H and O–H groups in total. The lowest BCUT2D eigenvalue weighted by Crippen LogP contribution is -2.50. The molecule has 2 aliphatic rings. The Morgan fingerprint density at radius 2 is 1.68 bits per heavy atom. The van der Waals surface area contributed by atoms with Crippen LogP contribution in [0.25, 0.3) is 0 Å². The number of carbonyl (C=O) groups is 1. The van der Waals surface area contributed by atoms with Gasteiger partial charge in [0.05, 0.1) is 0 Å². The number of phenols is 1. The maximum atomic E-state index is 12.9. The second-order valence-corrected chi connectivity index (χ2v) is 8.78. The van der Waals surface area contributed by atoms with Crippen molar-refractivity contribution in [2.75, 3.05) is 43.4 Å². The van der Waals surface area contributed by atoms with Crippen LogP contribution in [-0.2, 0) is 6.54 Å². The molecule has 0 spiro atoms. The summed E-state index contributed by atoms with van der Waals surface area (Å²) >= 11 is 0. The van der Waals surface area contributed by atoms with E-state index in [1.165, 1.54) is 37.7 Å². The van der Waals surface area contributed by atoms with Gasteiger partial charge in [0.2, 0.25) is 0 Å². The highest BCUT2D eigenvalue weighted by molar-refractivity contribution is 5.90. The van der Waals surface area contributed by atoms with Crippen LogP contribution in [0.2, 0.25) is 0 Å². The van der Waals surface area contributed by atoms with E-state index < -0.39 is 0 Å². The van der Waals surface area contributed by atoms with E-state index in [1.54, 1.807) is 12.1 Å². The van der Waals surface area contributed by atoms with E-state index in [2.05, 4.69) is 34.3 Å². The normalized spacial score (nSPS) is 17.7. The predicted molar refractivity (Wildman–Crippen MR) is 126 cm³/mol. The lowest BCUT2D eigenvalue weighted by molar-refractivity contribution is 0.184. The van der Waals surface area contributed by atoms with Gasteiger partial charge >= 0.3 is 6.03 Å². The van der Waals surface area contributed by atoms with Gasteiger partial charge in [-0.25, -0.2) is 4.79 Å². The van der Waals surface area contributed by atoms with Crippen molar-refractivity contribution in [3.8, 4) is 5.75 Å².